The average Bonchev–Trinajstić information content (AvgIpc) is 2.67. The van der Waals surface area contributed by atoms with Crippen LogP contribution in [0, 0.1) is 0 Å². The summed E-state index contributed by atoms with van der Waals surface area (Å²) >= 11 is 5.66. The maximum Gasteiger partial charge on any atom is 0.410 e. The maximum absolute atomic E-state index is 12.2. The van der Waals surface area contributed by atoms with E-state index in [1.165, 1.54) is 11.1 Å². The van der Waals surface area contributed by atoms with Crippen LogP contribution >= 0.6 is 11.6 Å². The van der Waals surface area contributed by atoms with Crippen molar-refractivity contribution >= 4 is 29.2 Å². The highest BCUT2D eigenvalue weighted by molar-refractivity contribution is 6.28. The number of alkyl halides is 1. The quantitative estimate of drug-likeness (QED) is 0.511. The van der Waals surface area contributed by atoms with E-state index in [9.17, 15) is 4.79 Å². The number of ether oxygens (including phenoxy) is 1. The molecule has 0 saturated carbocycles. The number of aliphatic imine (C=N–C) groups is 1. The number of nitrogens with zero attached hydrogens (tertiary/aromatic N) is 2. The minimum atomic E-state index is -0.475. The molecule has 0 aliphatic carbocycles. The first-order chi connectivity index (χ1) is 10.8. The van der Waals surface area contributed by atoms with Crippen molar-refractivity contribution in [2.24, 2.45) is 10.7 Å². The van der Waals surface area contributed by atoms with Crippen LogP contribution in [-0.2, 0) is 17.6 Å². The predicted octanol–water partition coefficient (Wildman–Crippen LogP) is 3.25. The number of nitrogens with two attached hydrogens (primary N) is 1. The Labute approximate surface area is 142 Å². The fourth-order valence-electron chi connectivity index (χ4n) is 2.49. The average molecular weight is 338 g/mol. The predicted molar refractivity (Wildman–Crippen MR) is 93.7 cm³/mol. The molecule has 1 aromatic rings. The molecule has 0 aromatic heterocycles. The van der Waals surface area contributed by atoms with Crippen molar-refractivity contribution in [3.05, 3.63) is 29.3 Å². The Balaban J connectivity index is 2.10. The van der Waals surface area contributed by atoms with Gasteiger partial charge in [-0.1, -0.05) is 6.07 Å². The Kier molecular flexibility index (Phi) is 5.52. The molecule has 1 amide bonds. The van der Waals surface area contributed by atoms with Gasteiger partial charge in [-0.25, -0.2) is 9.79 Å². The highest BCUT2D eigenvalue weighted by atomic mass is 35.5. The third-order valence-electron chi connectivity index (χ3n) is 3.55. The van der Waals surface area contributed by atoms with E-state index in [0.717, 1.165) is 18.5 Å². The van der Waals surface area contributed by atoms with E-state index in [0.29, 0.717) is 18.9 Å². The van der Waals surface area contributed by atoms with Crippen LogP contribution in [-0.4, -0.2) is 41.4 Å². The standard InChI is InChI=1S/C17H24ClN3O2/c1-17(2,3)23-16(22)21-8-6-12-4-5-14(20-15(19)11-18)10-13(12)7-9-21/h4-5,10H,6-9,11H2,1-3H3,(H2,19,20). The molecule has 0 atom stereocenters. The lowest BCUT2D eigenvalue weighted by atomic mass is 10.0. The zero-order valence-corrected chi connectivity index (χ0v) is 14.7. The summed E-state index contributed by atoms with van der Waals surface area (Å²) in [5.74, 6) is 0.611. The monoisotopic (exact) mass is 337 g/mol. The molecule has 0 unspecified atom stereocenters. The molecule has 0 radical (unpaired) electrons. The Bertz CT molecular complexity index is 608. The van der Waals surface area contributed by atoms with E-state index in [1.54, 1.807) is 4.90 Å². The Hall–Kier alpha value is -1.75. The van der Waals surface area contributed by atoms with Gasteiger partial charge in [0.1, 0.15) is 11.4 Å². The van der Waals surface area contributed by atoms with Crippen LogP contribution in [0.25, 0.3) is 0 Å². The van der Waals surface area contributed by atoms with Gasteiger partial charge in [0.15, 0.2) is 0 Å². The second-order valence-corrected chi connectivity index (χ2v) is 6.92. The molecule has 23 heavy (non-hydrogen) atoms. The molecule has 1 heterocycles. The number of hydrogen-bond acceptors (Lipinski definition) is 3. The number of rotatable bonds is 2. The molecule has 2 rings (SSSR count). The molecule has 6 heteroatoms. The molecule has 1 aliphatic heterocycles. The third-order valence-corrected chi connectivity index (χ3v) is 3.83. The fraction of sp³-hybridized carbons (Fsp3) is 0.529. The summed E-state index contributed by atoms with van der Waals surface area (Å²) in [7, 11) is 0. The second kappa shape index (κ2) is 7.21. The number of fused-ring (bicyclic) bond motifs is 1. The molecular weight excluding hydrogens is 314 g/mol. The van der Waals surface area contributed by atoms with Gasteiger partial charge < -0.3 is 15.4 Å². The van der Waals surface area contributed by atoms with Crippen molar-refractivity contribution in [3.8, 4) is 0 Å². The summed E-state index contributed by atoms with van der Waals surface area (Å²) in [5.41, 5.74) is 8.43. The summed E-state index contributed by atoms with van der Waals surface area (Å²) in [6.07, 6.45) is 1.33. The molecule has 126 valence electrons. The highest BCUT2D eigenvalue weighted by Gasteiger charge is 2.24. The van der Waals surface area contributed by atoms with E-state index < -0.39 is 5.60 Å². The lowest BCUT2D eigenvalue weighted by molar-refractivity contribution is 0.0258. The van der Waals surface area contributed by atoms with Gasteiger partial charge in [-0.2, -0.15) is 0 Å². The highest BCUT2D eigenvalue weighted by Crippen LogP contribution is 2.23. The molecule has 0 fully saturated rings. The Morgan fingerprint density at radius 1 is 1.30 bits per heavy atom. The molecule has 0 saturated heterocycles. The summed E-state index contributed by atoms with van der Waals surface area (Å²) in [6, 6.07) is 6.00. The van der Waals surface area contributed by atoms with Crippen LogP contribution in [0.4, 0.5) is 10.5 Å². The number of amidine groups is 1. The first kappa shape index (κ1) is 17.6. The van der Waals surface area contributed by atoms with Gasteiger partial charge in [-0.15, -0.1) is 11.6 Å². The van der Waals surface area contributed by atoms with E-state index in [2.05, 4.69) is 4.99 Å². The topological polar surface area (TPSA) is 67.9 Å². The lowest BCUT2D eigenvalue weighted by Gasteiger charge is -2.26. The maximum atomic E-state index is 12.2. The van der Waals surface area contributed by atoms with Crippen LogP contribution in [0.5, 0.6) is 0 Å². The van der Waals surface area contributed by atoms with E-state index in [-0.39, 0.29) is 12.0 Å². The molecule has 0 spiro atoms. The molecule has 5 nitrogen and oxygen atoms in total. The van der Waals surface area contributed by atoms with Crippen molar-refractivity contribution in [1.29, 1.82) is 0 Å². The van der Waals surface area contributed by atoms with E-state index in [4.69, 9.17) is 22.1 Å². The molecular formula is C17H24ClN3O2. The third kappa shape index (κ3) is 5.13. The number of hydrogen-bond donors (Lipinski definition) is 1. The lowest BCUT2D eigenvalue weighted by Crippen LogP contribution is -2.38. The van der Waals surface area contributed by atoms with Crippen LogP contribution in [0.1, 0.15) is 31.9 Å². The number of carbonyl (C=O) groups is 1. The Morgan fingerprint density at radius 2 is 1.96 bits per heavy atom. The van der Waals surface area contributed by atoms with Gasteiger partial charge in [0.25, 0.3) is 0 Å². The molecule has 1 aliphatic rings. The zero-order chi connectivity index (χ0) is 17.0. The fourth-order valence-corrected chi connectivity index (χ4v) is 2.55. The van der Waals surface area contributed by atoms with Crippen molar-refractivity contribution in [2.75, 3.05) is 19.0 Å². The SMILES string of the molecule is CC(C)(C)OC(=O)N1CCc2ccc(N=C(N)CCl)cc2CC1. The Morgan fingerprint density at radius 3 is 2.57 bits per heavy atom. The summed E-state index contributed by atoms with van der Waals surface area (Å²) in [5, 5.41) is 0. The van der Waals surface area contributed by atoms with Gasteiger partial charge in [-0.3, -0.25) is 0 Å². The van der Waals surface area contributed by atoms with Gasteiger partial charge in [0, 0.05) is 13.1 Å². The van der Waals surface area contributed by atoms with E-state index in [1.807, 2.05) is 39.0 Å². The second-order valence-electron chi connectivity index (χ2n) is 6.66. The largest absolute Gasteiger partial charge is 0.444 e. The van der Waals surface area contributed by atoms with Gasteiger partial charge in [0.05, 0.1) is 11.6 Å². The first-order valence-electron chi connectivity index (χ1n) is 7.77. The zero-order valence-electron chi connectivity index (χ0n) is 13.9. The molecule has 0 bridgehead atoms. The van der Waals surface area contributed by atoms with Gasteiger partial charge in [0.2, 0.25) is 0 Å². The number of amides is 1. The number of halogens is 1. The molecule has 1 aromatic carbocycles. The minimum Gasteiger partial charge on any atom is -0.444 e. The first-order valence-corrected chi connectivity index (χ1v) is 8.30. The number of benzene rings is 1. The normalized spacial score (nSPS) is 15.8. The summed E-state index contributed by atoms with van der Waals surface area (Å²) in [6.45, 7) is 6.93. The molecule has 2 N–H and O–H groups in total. The van der Waals surface area contributed by atoms with Crippen LogP contribution in [0.3, 0.4) is 0 Å². The van der Waals surface area contributed by atoms with Crippen molar-refractivity contribution in [1.82, 2.24) is 4.90 Å². The minimum absolute atomic E-state index is 0.212. The van der Waals surface area contributed by atoms with Crippen LogP contribution in [0.15, 0.2) is 23.2 Å². The number of carbonyl (C=O) groups excluding carboxylic acids is 1. The van der Waals surface area contributed by atoms with Crippen molar-refractivity contribution in [3.63, 3.8) is 0 Å². The van der Waals surface area contributed by atoms with Gasteiger partial charge >= 0.3 is 6.09 Å². The van der Waals surface area contributed by atoms with Crippen LogP contribution in [0.2, 0.25) is 0 Å². The van der Waals surface area contributed by atoms with Crippen LogP contribution < -0.4 is 5.73 Å². The van der Waals surface area contributed by atoms with Crippen molar-refractivity contribution < 1.29 is 9.53 Å². The summed E-state index contributed by atoms with van der Waals surface area (Å²) in [4.78, 5) is 18.3. The van der Waals surface area contributed by atoms with E-state index >= 15 is 0 Å². The van der Waals surface area contributed by atoms with Gasteiger partial charge in [-0.05, 0) is 56.9 Å². The van der Waals surface area contributed by atoms with Crippen molar-refractivity contribution in [2.45, 2.75) is 39.2 Å². The smallest absolute Gasteiger partial charge is 0.410 e. The summed E-state index contributed by atoms with van der Waals surface area (Å²) < 4.78 is 5.46.